The first-order valence-electron chi connectivity index (χ1n) is 16.2. The molecule has 2 saturated carbocycles. The Kier molecular flexibility index (Phi) is 7.66. The number of Topliss-reactive ketones (excluding diaryl/α,β-unsaturated/α-hetero) is 3. The van der Waals surface area contributed by atoms with Crippen molar-refractivity contribution >= 4 is 17.3 Å². The molecule has 5 atom stereocenters. The number of ether oxygens (including phenoxy) is 1. The Morgan fingerprint density at radius 1 is 0.955 bits per heavy atom. The summed E-state index contributed by atoms with van der Waals surface area (Å²) < 4.78 is 7.03. The van der Waals surface area contributed by atoms with Crippen molar-refractivity contribution < 1.29 is 29.3 Å². The smallest absolute Gasteiger partial charge is 0.200 e. The number of allylic oxidation sites excluding steroid dienone is 6. The van der Waals surface area contributed by atoms with Gasteiger partial charge >= 0.3 is 0 Å². The van der Waals surface area contributed by atoms with E-state index < -0.39 is 39.2 Å². The first-order chi connectivity index (χ1) is 20.3. The van der Waals surface area contributed by atoms with E-state index in [2.05, 4.69) is 40.7 Å². The number of ketones is 3. The van der Waals surface area contributed by atoms with Gasteiger partial charge in [-0.3, -0.25) is 14.4 Å². The Hall–Kier alpha value is -3.15. The van der Waals surface area contributed by atoms with Crippen molar-refractivity contribution in [2.24, 2.45) is 33.5 Å². The van der Waals surface area contributed by atoms with Crippen LogP contribution >= 0.6 is 0 Å². The number of carbonyl (C=O) groups excluding carboxylic acids is 3. The van der Waals surface area contributed by atoms with E-state index >= 15 is 9.59 Å². The Morgan fingerprint density at radius 2 is 1.61 bits per heavy atom. The maximum absolute atomic E-state index is 15.4. The van der Waals surface area contributed by atoms with Gasteiger partial charge < -0.3 is 14.9 Å². The number of phenols is 2. The Bertz CT molecular complexity index is 1510. The molecule has 1 spiro atoms. The van der Waals surface area contributed by atoms with Crippen molar-refractivity contribution in [1.82, 2.24) is 0 Å². The van der Waals surface area contributed by atoms with Crippen LogP contribution < -0.4 is 0 Å². The lowest BCUT2D eigenvalue weighted by Crippen LogP contribution is -2.70. The van der Waals surface area contributed by atoms with Crippen LogP contribution in [0.3, 0.4) is 0 Å². The van der Waals surface area contributed by atoms with Gasteiger partial charge in [0.05, 0.1) is 5.41 Å². The fourth-order valence-corrected chi connectivity index (χ4v) is 9.10. The molecule has 6 nitrogen and oxygen atoms in total. The highest BCUT2D eigenvalue weighted by Crippen LogP contribution is 2.70. The zero-order valence-corrected chi connectivity index (χ0v) is 28.0. The van der Waals surface area contributed by atoms with Gasteiger partial charge in [0.2, 0.25) is 0 Å². The summed E-state index contributed by atoms with van der Waals surface area (Å²) in [4.78, 5) is 45.2. The van der Waals surface area contributed by atoms with Crippen LogP contribution in [0, 0.1) is 33.5 Å². The first kappa shape index (κ1) is 32.2. The molecule has 1 heterocycles. The number of hydrogen-bond donors (Lipinski definition) is 2. The summed E-state index contributed by atoms with van der Waals surface area (Å²) in [5.41, 5.74) is -1.73. The summed E-state index contributed by atoms with van der Waals surface area (Å²) in [5, 5.41) is 20.3. The average Bonchev–Trinajstić information content (AvgIpc) is 2.90. The van der Waals surface area contributed by atoms with E-state index in [0.29, 0.717) is 12.8 Å². The number of fused-ring (bicyclic) bond motifs is 2. The zero-order valence-electron chi connectivity index (χ0n) is 28.0. The molecule has 6 heteroatoms. The van der Waals surface area contributed by atoms with E-state index in [9.17, 15) is 15.0 Å². The molecule has 1 aliphatic heterocycles. The van der Waals surface area contributed by atoms with Gasteiger partial charge in [0, 0.05) is 5.56 Å². The molecule has 238 valence electrons. The molecule has 0 amide bonds. The first-order valence-corrected chi connectivity index (χ1v) is 16.2. The highest BCUT2D eigenvalue weighted by molar-refractivity contribution is 6.35. The molecular weight excluding hydrogens is 552 g/mol. The van der Waals surface area contributed by atoms with E-state index in [4.69, 9.17) is 4.74 Å². The predicted molar refractivity (Wildman–Crippen MR) is 171 cm³/mol. The minimum Gasteiger partial charge on any atom is -0.504 e. The van der Waals surface area contributed by atoms with Crippen LogP contribution in [0.25, 0.3) is 0 Å². The minimum absolute atomic E-state index is 0.00182. The van der Waals surface area contributed by atoms with Crippen molar-refractivity contribution in [2.75, 3.05) is 0 Å². The number of benzene rings is 1. The van der Waals surface area contributed by atoms with Crippen molar-refractivity contribution in [1.29, 1.82) is 0 Å². The molecule has 1 aromatic rings. The van der Waals surface area contributed by atoms with Gasteiger partial charge in [-0.05, 0) is 120 Å². The molecular formula is C38H50O6. The van der Waals surface area contributed by atoms with Gasteiger partial charge in [0.25, 0.3) is 0 Å². The van der Waals surface area contributed by atoms with Gasteiger partial charge in [0.1, 0.15) is 22.3 Å². The number of aromatic hydroxyl groups is 2. The highest BCUT2D eigenvalue weighted by Gasteiger charge is 2.75. The van der Waals surface area contributed by atoms with Crippen LogP contribution in [-0.4, -0.2) is 33.2 Å². The summed E-state index contributed by atoms with van der Waals surface area (Å²) in [6, 6.07) is 3.86. The van der Waals surface area contributed by atoms with Gasteiger partial charge in [0.15, 0.2) is 28.8 Å². The summed E-state index contributed by atoms with van der Waals surface area (Å²) in [6.45, 7) is 18.7. The number of rotatable bonds is 6. The van der Waals surface area contributed by atoms with Crippen molar-refractivity contribution in [3.63, 3.8) is 0 Å². The molecule has 5 unspecified atom stereocenters. The lowest BCUT2D eigenvalue weighted by Gasteiger charge is -2.65. The lowest BCUT2D eigenvalue weighted by molar-refractivity contribution is -0.200. The lowest BCUT2D eigenvalue weighted by atomic mass is 9.38. The van der Waals surface area contributed by atoms with Gasteiger partial charge in [-0.2, -0.15) is 0 Å². The largest absolute Gasteiger partial charge is 0.504 e. The summed E-state index contributed by atoms with van der Waals surface area (Å²) in [5.74, 6) is -1.59. The monoisotopic (exact) mass is 602 g/mol. The van der Waals surface area contributed by atoms with E-state index in [1.54, 1.807) is 0 Å². The number of hydrogen-bond acceptors (Lipinski definition) is 6. The summed E-state index contributed by atoms with van der Waals surface area (Å²) in [6.07, 6.45) is 8.88. The van der Waals surface area contributed by atoms with Crippen molar-refractivity contribution in [3.8, 4) is 11.5 Å². The second-order valence-electron chi connectivity index (χ2n) is 16.2. The normalized spacial score (nSPS) is 33.5. The maximum Gasteiger partial charge on any atom is 0.200 e. The second-order valence-corrected chi connectivity index (χ2v) is 16.2. The maximum atomic E-state index is 15.4. The summed E-state index contributed by atoms with van der Waals surface area (Å²) >= 11 is 0. The SMILES string of the molecule is CC(C)=CCC1CC23CC4CCC(C)(C)CC4(C)OC2=C(C(=O)c2ccc(O)c(O)c2)C(=O)C(CC=C(C)C)(C3=O)C1(C)C. The van der Waals surface area contributed by atoms with Crippen LogP contribution in [0.15, 0.2) is 52.8 Å². The standard InChI is InChI=1S/C38H50O6/c1-22(2)10-12-25-19-37-20-26-15-16-34(5,6)21-36(26,9)44-32(37)29(30(41)24-11-13-27(39)28(40)18-24)31(42)38(33(37)43,35(25,7)8)17-14-23(3)4/h10-11,13-14,18,25-26,39-40H,12,15-17,19-21H2,1-9H3. The molecule has 2 bridgehead atoms. The van der Waals surface area contributed by atoms with E-state index in [1.165, 1.54) is 23.8 Å². The molecule has 3 aliphatic carbocycles. The van der Waals surface area contributed by atoms with Crippen molar-refractivity contribution in [2.45, 2.75) is 113 Å². The van der Waals surface area contributed by atoms with Gasteiger partial charge in [-0.15, -0.1) is 0 Å². The molecule has 1 saturated heterocycles. The fourth-order valence-electron chi connectivity index (χ4n) is 9.10. The van der Waals surface area contributed by atoms with Gasteiger partial charge in [-0.1, -0.05) is 51.0 Å². The molecule has 0 aromatic heterocycles. The third-order valence-electron chi connectivity index (χ3n) is 11.7. The number of phenolic OH excluding ortho intramolecular Hbond substituents is 2. The zero-order chi connectivity index (χ0) is 32.6. The predicted octanol–water partition coefficient (Wildman–Crippen LogP) is 8.42. The molecule has 2 N–H and O–H groups in total. The third kappa shape index (κ3) is 4.70. The molecule has 1 aromatic carbocycles. The molecule has 4 aliphatic rings. The molecule has 0 radical (unpaired) electrons. The second kappa shape index (κ2) is 10.5. The highest BCUT2D eigenvalue weighted by atomic mass is 16.5. The molecule has 3 fully saturated rings. The summed E-state index contributed by atoms with van der Waals surface area (Å²) in [7, 11) is 0. The topological polar surface area (TPSA) is 101 Å². The quantitative estimate of drug-likeness (QED) is 0.111. The van der Waals surface area contributed by atoms with Crippen LogP contribution in [0.1, 0.15) is 118 Å². The van der Waals surface area contributed by atoms with Gasteiger partial charge in [-0.25, -0.2) is 0 Å². The number of carbonyl (C=O) groups is 3. The molecule has 44 heavy (non-hydrogen) atoms. The van der Waals surface area contributed by atoms with E-state index in [1.807, 2.05) is 33.8 Å². The minimum atomic E-state index is -1.46. The fraction of sp³-hybridized carbons (Fsp3) is 0.605. The van der Waals surface area contributed by atoms with Crippen LogP contribution in [-0.2, 0) is 14.3 Å². The van der Waals surface area contributed by atoms with Crippen LogP contribution in [0.4, 0.5) is 0 Å². The van der Waals surface area contributed by atoms with Crippen LogP contribution in [0.2, 0.25) is 0 Å². The Balaban J connectivity index is 1.83. The third-order valence-corrected chi connectivity index (χ3v) is 11.7. The Morgan fingerprint density at radius 3 is 2.23 bits per heavy atom. The van der Waals surface area contributed by atoms with Crippen LogP contribution in [0.5, 0.6) is 11.5 Å². The van der Waals surface area contributed by atoms with E-state index in [-0.39, 0.29) is 52.1 Å². The van der Waals surface area contributed by atoms with Crippen molar-refractivity contribution in [3.05, 3.63) is 58.4 Å². The Labute approximate surface area is 262 Å². The molecule has 5 rings (SSSR count). The average molecular weight is 603 g/mol. The van der Waals surface area contributed by atoms with E-state index in [0.717, 1.165) is 31.3 Å².